The normalized spacial score (nSPS) is 10.9. The number of allylic oxidation sites excluding steroid dienone is 1. The van der Waals surface area contributed by atoms with E-state index in [1.54, 1.807) is 6.08 Å². The fraction of sp³-hybridized carbons (Fsp3) is 0.286. The Morgan fingerprint density at radius 3 is 2.57 bits per heavy atom. The van der Waals surface area contributed by atoms with Crippen molar-refractivity contribution in [2.45, 2.75) is 33.1 Å². The van der Waals surface area contributed by atoms with Crippen LogP contribution in [-0.2, 0) is 0 Å². The highest BCUT2D eigenvalue weighted by molar-refractivity contribution is 6.06. The van der Waals surface area contributed by atoms with Crippen LogP contribution in [0.1, 0.15) is 47.7 Å². The van der Waals surface area contributed by atoms with Crippen LogP contribution in [0.15, 0.2) is 54.6 Å². The Kier molecular flexibility index (Phi) is 6.61. The summed E-state index contributed by atoms with van der Waals surface area (Å²) >= 11 is 0. The Bertz CT molecular complexity index is 654. The van der Waals surface area contributed by atoms with E-state index in [0.717, 1.165) is 35.5 Å². The number of carbonyl (C=O) groups excluding carboxylic acids is 1. The van der Waals surface area contributed by atoms with E-state index in [1.807, 2.05) is 61.5 Å². The summed E-state index contributed by atoms with van der Waals surface area (Å²) in [6, 6.07) is 15.5. The average Bonchev–Trinajstić information content (AvgIpc) is 2.57. The van der Waals surface area contributed by atoms with Gasteiger partial charge in [-0.15, -0.1) is 0 Å². The van der Waals surface area contributed by atoms with Crippen LogP contribution in [0.2, 0.25) is 0 Å². The lowest BCUT2D eigenvalue weighted by Crippen LogP contribution is -1.96. The number of carbonyl (C=O) groups is 1. The van der Waals surface area contributed by atoms with E-state index >= 15 is 0 Å². The molecule has 0 aliphatic carbocycles. The Labute approximate surface area is 138 Å². The second kappa shape index (κ2) is 8.94. The molecule has 0 fully saturated rings. The zero-order chi connectivity index (χ0) is 16.5. The molecule has 0 amide bonds. The maximum atomic E-state index is 12.1. The molecule has 0 radical (unpaired) electrons. The van der Waals surface area contributed by atoms with E-state index in [0.29, 0.717) is 0 Å². The van der Waals surface area contributed by atoms with Crippen LogP contribution in [0.4, 0.5) is 0 Å². The van der Waals surface area contributed by atoms with Gasteiger partial charge in [-0.3, -0.25) is 4.79 Å². The number of rotatable bonds is 8. The van der Waals surface area contributed by atoms with Crippen molar-refractivity contribution in [3.63, 3.8) is 0 Å². The fourth-order valence-corrected chi connectivity index (χ4v) is 2.28. The van der Waals surface area contributed by atoms with Crippen molar-refractivity contribution in [1.29, 1.82) is 0 Å². The molecular weight excluding hydrogens is 284 g/mol. The third-order valence-electron chi connectivity index (χ3n) is 3.63. The summed E-state index contributed by atoms with van der Waals surface area (Å²) in [7, 11) is 0. The lowest BCUT2D eigenvalue weighted by Gasteiger charge is -2.05. The second-order valence-corrected chi connectivity index (χ2v) is 5.69. The minimum absolute atomic E-state index is 0.0218. The molecule has 2 aromatic rings. The highest BCUT2D eigenvalue weighted by atomic mass is 16.5. The quantitative estimate of drug-likeness (QED) is 0.368. The highest BCUT2D eigenvalue weighted by Crippen LogP contribution is 2.14. The molecule has 0 saturated heterocycles. The third kappa shape index (κ3) is 5.74. The van der Waals surface area contributed by atoms with Crippen LogP contribution in [0.3, 0.4) is 0 Å². The third-order valence-corrected chi connectivity index (χ3v) is 3.63. The Balaban J connectivity index is 1.91. The topological polar surface area (TPSA) is 26.3 Å². The van der Waals surface area contributed by atoms with E-state index in [9.17, 15) is 4.79 Å². The van der Waals surface area contributed by atoms with Crippen molar-refractivity contribution in [2.24, 2.45) is 0 Å². The number of ketones is 1. The van der Waals surface area contributed by atoms with Gasteiger partial charge in [0, 0.05) is 5.56 Å². The molecule has 0 heterocycles. The van der Waals surface area contributed by atoms with Crippen molar-refractivity contribution < 1.29 is 9.53 Å². The maximum Gasteiger partial charge on any atom is 0.185 e. The standard InChI is InChI=1S/C21H24O2/c1-3-4-5-15-23-20-12-9-18(10-13-20)11-14-21(22)19-8-6-7-17(2)16-19/h6-14,16H,3-5,15H2,1-2H3/b14-11+. The fourth-order valence-electron chi connectivity index (χ4n) is 2.28. The zero-order valence-corrected chi connectivity index (χ0v) is 13.9. The minimum atomic E-state index is 0.0218. The zero-order valence-electron chi connectivity index (χ0n) is 13.9. The first kappa shape index (κ1) is 17.0. The van der Waals surface area contributed by atoms with E-state index in [-0.39, 0.29) is 5.78 Å². The summed E-state index contributed by atoms with van der Waals surface area (Å²) in [4.78, 5) is 12.1. The molecule has 2 heteroatoms. The number of ether oxygens (including phenoxy) is 1. The predicted octanol–water partition coefficient (Wildman–Crippen LogP) is 5.46. The van der Waals surface area contributed by atoms with Gasteiger partial charge in [-0.2, -0.15) is 0 Å². The van der Waals surface area contributed by atoms with Gasteiger partial charge < -0.3 is 4.74 Å². The Hall–Kier alpha value is -2.35. The molecular formula is C21H24O2. The Morgan fingerprint density at radius 1 is 1.09 bits per heavy atom. The minimum Gasteiger partial charge on any atom is -0.494 e. The van der Waals surface area contributed by atoms with Gasteiger partial charge in [0.2, 0.25) is 0 Å². The second-order valence-electron chi connectivity index (χ2n) is 5.69. The van der Waals surface area contributed by atoms with Crippen LogP contribution in [0.25, 0.3) is 6.08 Å². The van der Waals surface area contributed by atoms with Crippen molar-refractivity contribution in [1.82, 2.24) is 0 Å². The molecule has 0 aliphatic rings. The first-order chi connectivity index (χ1) is 11.2. The van der Waals surface area contributed by atoms with Gasteiger partial charge in [-0.1, -0.05) is 61.7 Å². The number of hydrogen-bond acceptors (Lipinski definition) is 2. The summed E-state index contributed by atoms with van der Waals surface area (Å²) in [6.07, 6.45) is 6.94. The summed E-state index contributed by atoms with van der Waals surface area (Å²) < 4.78 is 5.68. The number of aryl methyl sites for hydroxylation is 1. The summed E-state index contributed by atoms with van der Waals surface area (Å²) in [5, 5.41) is 0. The average molecular weight is 308 g/mol. The van der Waals surface area contributed by atoms with E-state index in [1.165, 1.54) is 12.8 Å². The lowest BCUT2D eigenvalue weighted by atomic mass is 10.1. The number of benzene rings is 2. The monoisotopic (exact) mass is 308 g/mol. The molecule has 0 spiro atoms. The van der Waals surface area contributed by atoms with Crippen LogP contribution in [0.5, 0.6) is 5.75 Å². The van der Waals surface area contributed by atoms with E-state index in [2.05, 4.69) is 6.92 Å². The first-order valence-corrected chi connectivity index (χ1v) is 8.21. The van der Waals surface area contributed by atoms with Gasteiger partial charge in [0.25, 0.3) is 0 Å². The van der Waals surface area contributed by atoms with Crippen LogP contribution >= 0.6 is 0 Å². The highest BCUT2D eigenvalue weighted by Gasteiger charge is 2.01. The molecule has 120 valence electrons. The molecule has 0 aromatic heterocycles. The van der Waals surface area contributed by atoms with Gasteiger partial charge in [0.1, 0.15) is 5.75 Å². The SMILES string of the molecule is CCCCCOc1ccc(/C=C/C(=O)c2cccc(C)c2)cc1. The molecule has 2 rings (SSSR count). The maximum absolute atomic E-state index is 12.1. The van der Waals surface area contributed by atoms with Crippen LogP contribution in [-0.4, -0.2) is 12.4 Å². The van der Waals surface area contributed by atoms with Crippen molar-refractivity contribution in [2.75, 3.05) is 6.61 Å². The first-order valence-electron chi connectivity index (χ1n) is 8.21. The molecule has 2 nitrogen and oxygen atoms in total. The molecule has 23 heavy (non-hydrogen) atoms. The van der Waals surface area contributed by atoms with Gasteiger partial charge in [-0.25, -0.2) is 0 Å². The number of unbranched alkanes of at least 4 members (excludes halogenated alkanes) is 2. The molecule has 0 saturated carbocycles. The largest absolute Gasteiger partial charge is 0.494 e. The summed E-state index contributed by atoms with van der Waals surface area (Å²) in [6.45, 7) is 4.92. The summed E-state index contributed by atoms with van der Waals surface area (Å²) in [5.41, 5.74) is 2.80. The van der Waals surface area contributed by atoms with Gasteiger partial charge in [-0.05, 0) is 43.2 Å². The molecule has 0 aliphatic heterocycles. The van der Waals surface area contributed by atoms with Gasteiger partial charge in [0.15, 0.2) is 5.78 Å². The van der Waals surface area contributed by atoms with Crippen molar-refractivity contribution in [3.05, 3.63) is 71.3 Å². The predicted molar refractivity (Wildman–Crippen MR) is 96.0 cm³/mol. The van der Waals surface area contributed by atoms with Gasteiger partial charge >= 0.3 is 0 Å². The van der Waals surface area contributed by atoms with Crippen molar-refractivity contribution >= 4 is 11.9 Å². The van der Waals surface area contributed by atoms with Crippen LogP contribution < -0.4 is 4.74 Å². The molecule has 0 bridgehead atoms. The van der Waals surface area contributed by atoms with E-state index in [4.69, 9.17) is 4.74 Å². The Morgan fingerprint density at radius 2 is 1.87 bits per heavy atom. The smallest absolute Gasteiger partial charge is 0.185 e. The van der Waals surface area contributed by atoms with Crippen LogP contribution in [0, 0.1) is 6.92 Å². The van der Waals surface area contributed by atoms with E-state index < -0.39 is 0 Å². The lowest BCUT2D eigenvalue weighted by molar-refractivity contribution is 0.104. The van der Waals surface area contributed by atoms with Gasteiger partial charge in [0.05, 0.1) is 6.61 Å². The molecule has 0 unspecified atom stereocenters. The molecule has 0 N–H and O–H groups in total. The van der Waals surface area contributed by atoms with Crippen molar-refractivity contribution in [3.8, 4) is 5.75 Å². The molecule has 2 aromatic carbocycles. The summed E-state index contributed by atoms with van der Waals surface area (Å²) in [5.74, 6) is 0.900. The number of hydrogen-bond donors (Lipinski definition) is 0. The molecule has 0 atom stereocenters.